The van der Waals surface area contributed by atoms with Crippen LogP contribution in [0.5, 0.6) is 0 Å². The number of hydrogen-bond donors (Lipinski definition) is 2. The Morgan fingerprint density at radius 1 is 1.07 bits per heavy atom. The number of rotatable bonds is 8. The molecule has 0 aliphatic rings. The second-order valence-electron chi connectivity index (χ2n) is 6.43. The van der Waals surface area contributed by atoms with Crippen LogP contribution in [0.25, 0.3) is 6.08 Å². The number of benzene rings is 2. The topological polar surface area (TPSA) is 67.4 Å². The predicted molar refractivity (Wildman–Crippen MR) is 107 cm³/mol. The van der Waals surface area contributed by atoms with Gasteiger partial charge < -0.3 is 15.4 Å². The molecule has 2 N–H and O–H groups in total. The minimum Gasteiger partial charge on any atom is -0.374 e. The lowest BCUT2D eigenvalue weighted by molar-refractivity contribution is -0.116. The third-order valence-electron chi connectivity index (χ3n) is 3.87. The van der Waals surface area contributed by atoms with Gasteiger partial charge in [-0.25, -0.2) is 0 Å². The van der Waals surface area contributed by atoms with Crippen molar-refractivity contribution >= 4 is 17.9 Å². The highest BCUT2D eigenvalue weighted by molar-refractivity contribution is 5.94. The van der Waals surface area contributed by atoms with E-state index < -0.39 is 0 Å². The van der Waals surface area contributed by atoms with E-state index in [1.807, 2.05) is 38.1 Å². The lowest BCUT2D eigenvalue weighted by Crippen LogP contribution is -2.20. The van der Waals surface area contributed by atoms with Crippen LogP contribution in [0.1, 0.15) is 40.9 Å². The van der Waals surface area contributed by atoms with Crippen molar-refractivity contribution in [2.75, 3.05) is 7.05 Å². The van der Waals surface area contributed by atoms with Crippen molar-refractivity contribution in [1.29, 1.82) is 0 Å². The Labute approximate surface area is 160 Å². The smallest absolute Gasteiger partial charge is 0.251 e. The second kappa shape index (κ2) is 10.3. The zero-order chi connectivity index (χ0) is 19.6. The minimum atomic E-state index is -0.172. The molecular formula is C22H26N2O3. The van der Waals surface area contributed by atoms with Crippen LogP contribution in [0.2, 0.25) is 0 Å². The molecule has 0 atom stereocenters. The number of nitrogens with one attached hydrogen (secondary N) is 2. The molecule has 2 aromatic carbocycles. The van der Waals surface area contributed by atoms with Gasteiger partial charge in [-0.05, 0) is 48.7 Å². The molecular weight excluding hydrogens is 340 g/mol. The van der Waals surface area contributed by atoms with Crippen molar-refractivity contribution in [2.45, 2.75) is 33.1 Å². The first-order chi connectivity index (χ1) is 13.0. The van der Waals surface area contributed by atoms with Crippen LogP contribution in [-0.2, 0) is 22.7 Å². The first-order valence-corrected chi connectivity index (χ1v) is 8.95. The molecule has 0 aliphatic heterocycles. The number of hydrogen-bond acceptors (Lipinski definition) is 3. The highest BCUT2D eigenvalue weighted by Gasteiger charge is 2.02. The van der Waals surface area contributed by atoms with Crippen LogP contribution < -0.4 is 10.6 Å². The van der Waals surface area contributed by atoms with Crippen LogP contribution >= 0.6 is 0 Å². The van der Waals surface area contributed by atoms with E-state index in [0.29, 0.717) is 18.7 Å². The summed E-state index contributed by atoms with van der Waals surface area (Å²) in [5, 5.41) is 5.44. The summed E-state index contributed by atoms with van der Waals surface area (Å²) in [6.45, 7) is 5.02. The molecule has 0 radical (unpaired) electrons. The fraction of sp³-hybridized carbons (Fsp3) is 0.273. The largest absolute Gasteiger partial charge is 0.374 e. The molecule has 0 heterocycles. The Hall–Kier alpha value is -2.92. The van der Waals surface area contributed by atoms with Crippen molar-refractivity contribution in [3.05, 3.63) is 76.9 Å². The van der Waals surface area contributed by atoms with Gasteiger partial charge in [0.1, 0.15) is 0 Å². The fourth-order valence-corrected chi connectivity index (χ4v) is 2.40. The number of ether oxygens (including phenoxy) is 1. The Morgan fingerprint density at radius 2 is 1.78 bits per heavy atom. The van der Waals surface area contributed by atoms with E-state index in [4.69, 9.17) is 4.74 Å². The number of carbonyl (C=O) groups excluding carboxylic acids is 2. The number of carbonyl (C=O) groups is 2. The Kier molecular flexibility index (Phi) is 7.77. The normalized spacial score (nSPS) is 11.0. The second-order valence-corrected chi connectivity index (χ2v) is 6.43. The van der Waals surface area contributed by atoms with Crippen molar-refractivity contribution < 1.29 is 14.3 Å². The summed E-state index contributed by atoms with van der Waals surface area (Å²) in [5.74, 6) is -0.307. The molecule has 0 aromatic heterocycles. The molecule has 0 saturated carbocycles. The van der Waals surface area contributed by atoms with Gasteiger partial charge >= 0.3 is 0 Å². The molecule has 27 heavy (non-hydrogen) atoms. The van der Waals surface area contributed by atoms with Crippen LogP contribution in [-0.4, -0.2) is 25.0 Å². The Morgan fingerprint density at radius 3 is 2.44 bits per heavy atom. The third kappa shape index (κ3) is 7.07. The average molecular weight is 366 g/mol. The van der Waals surface area contributed by atoms with Crippen molar-refractivity contribution in [3.63, 3.8) is 0 Å². The van der Waals surface area contributed by atoms with E-state index in [1.165, 1.54) is 6.08 Å². The fourth-order valence-electron chi connectivity index (χ4n) is 2.40. The first kappa shape index (κ1) is 20.4. The van der Waals surface area contributed by atoms with E-state index in [-0.39, 0.29) is 17.9 Å². The van der Waals surface area contributed by atoms with Gasteiger partial charge in [0, 0.05) is 25.2 Å². The molecule has 0 saturated heterocycles. The molecule has 0 spiro atoms. The van der Waals surface area contributed by atoms with E-state index in [2.05, 4.69) is 10.6 Å². The molecule has 0 unspecified atom stereocenters. The van der Waals surface area contributed by atoms with Crippen molar-refractivity contribution in [1.82, 2.24) is 10.6 Å². The average Bonchev–Trinajstić information content (AvgIpc) is 2.69. The van der Waals surface area contributed by atoms with Gasteiger partial charge in [0.2, 0.25) is 5.91 Å². The quantitative estimate of drug-likeness (QED) is 0.705. The molecule has 5 heteroatoms. The maximum atomic E-state index is 12.0. The molecule has 2 rings (SSSR count). The zero-order valence-electron chi connectivity index (χ0n) is 16.0. The summed E-state index contributed by atoms with van der Waals surface area (Å²) in [5.41, 5.74) is 3.55. The summed E-state index contributed by atoms with van der Waals surface area (Å²) in [4.78, 5) is 23.5. The van der Waals surface area contributed by atoms with Crippen molar-refractivity contribution in [3.8, 4) is 0 Å². The Balaban J connectivity index is 1.86. The first-order valence-electron chi connectivity index (χ1n) is 8.95. The molecule has 2 aromatic rings. The van der Waals surface area contributed by atoms with Gasteiger partial charge in [0.15, 0.2) is 0 Å². The van der Waals surface area contributed by atoms with Gasteiger partial charge in [-0.3, -0.25) is 9.59 Å². The highest BCUT2D eigenvalue weighted by Crippen LogP contribution is 2.09. The van der Waals surface area contributed by atoms with Crippen LogP contribution in [0, 0.1) is 0 Å². The minimum absolute atomic E-state index is 0.135. The standard InChI is InChI=1S/C22H26N2O3/c1-16(2)27-15-19-6-4-5-18(13-19)14-24-21(25)12-9-17-7-10-20(11-8-17)22(26)23-3/h4-13,16H,14-15H2,1-3H3,(H,23,26)(H,24,25). The van der Waals surface area contributed by atoms with Gasteiger partial charge in [0.05, 0.1) is 12.7 Å². The highest BCUT2D eigenvalue weighted by atomic mass is 16.5. The van der Waals surface area contributed by atoms with Crippen LogP contribution in [0.4, 0.5) is 0 Å². The zero-order valence-corrected chi connectivity index (χ0v) is 16.0. The Bertz CT molecular complexity index is 795. The van der Waals surface area contributed by atoms with Gasteiger partial charge in [0.25, 0.3) is 5.91 Å². The molecule has 142 valence electrons. The van der Waals surface area contributed by atoms with E-state index in [9.17, 15) is 9.59 Å². The third-order valence-corrected chi connectivity index (χ3v) is 3.87. The SMILES string of the molecule is CNC(=O)c1ccc(C=CC(=O)NCc2cccc(COC(C)C)c2)cc1. The summed E-state index contributed by atoms with van der Waals surface area (Å²) in [6.07, 6.45) is 3.39. The van der Waals surface area contributed by atoms with E-state index >= 15 is 0 Å². The van der Waals surface area contributed by atoms with Gasteiger partial charge in [-0.2, -0.15) is 0 Å². The summed E-state index contributed by atoms with van der Waals surface area (Å²) < 4.78 is 5.60. The molecule has 2 amide bonds. The molecule has 0 aliphatic carbocycles. The lowest BCUT2D eigenvalue weighted by atomic mass is 10.1. The maximum absolute atomic E-state index is 12.0. The number of amides is 2. The molecule has 5 nitrogen and oxygen atoms in total. The lowest BCUT2D eigenvalue weighted by Gasteiger charge is -2.09. The summed E-state index contributed by atoms with van der Waals surface area (Å²) >= 11 is 0. The molecule has 0 fully saturated rings. The van der Waals surface area contributed by atoms with Gasteiger partial charge in [-0.1, -0.05) is 36.4 Å². The molecule has 0 bridgehead atoms. The van der Waals surface area contributed by atoms with E-state index in [1.54, 1.807) is 37.4 Å². The van der Waals surface area contributed by atoms with Crippen LogP contribution in [0.3, 0.4) is 0 Å². The monoisotopic (exact) mass is 366 g/mol. The van der Waals surface area contributed by atoms with E-state index in [0.717, 1.165) is 16.7 Å². The van der Waals surface area contributed by atoms with Gasteiger partial charge in [-0.15, -0.1) is 0 Å². The summed E-state index contributed by atoms with van der Waals surface area (Å²) in [6, 6.07) is 15.0. The predicted octanol–water partition coefficient (Wildman–Crippen LogP) is 3.30. The maximum Gasteiger partial charge on any atom is 0.251 e. The van der Waals surface area contributed by atoms with Crippen molar-refractivity contribution in [2.24, 2.45) is 0 Å². The van der Waals surface area contributed by atoms with Crippen LogP contribution in [0.15, 0.2) is 54.6 Å². The summed E-state index contributed by atoms with van der Waals surface area (Å²) in [7, 11) is 1.59.